The number of carbonyl (C=O) groups excluding carboxylic acids is 1. The molecule has 2 N–H and O–H groups in total. The number of quaternary nitrogens is 1. The van der Waals surface area contributed by atoms with Gasteiger partial charge in [0.2, 0.25) is 5.91 Å². The second kappa shape index (κ2) is 42.5. The Labute approximate surface area is 367 Å². The first-order valence-corrected chi connectivity index (χ1v) is 27.0. The third-order valence-electron chi connectivity index (χ3n) is 11.8. The number of carbonyl (C=O) groups is 1. The van der Waals surface area contributed by atoms with Crippen molar-refractivity contribution < 1.29 is 32.9 Å². The van der Waals surface area contributed by atoms with E-state index in [1.165, 1.54) is 186 Å². The number of aliphatic hydroxyl groups is 1. The highest BCUT2D eigenvalue weighted by Crippen LogP contribution is 2.38. The van der Waals surface area contributed by atoms with Crippen molar-refractivity contribution in [1.29, 1.82) is 0 Å². The van der Waals surface area contributed by atoms with Crippen molar-refractivity contribution in [3.63, 3.8) is 0 Å². The molecule has 9 heteroatoms. The van der Waals surface area contributed by atoms with Crippen molar-refractivity contribution in [3.05, 3.63) is 12.2 Å². The number of phosphoric ester groups is 1. The van der Waals surface area contributed by atoms with E-state index in [9.17, 15) is 19.4 Å². The molecule has 3 unspecified atom stereocenters. The van der Waals surface area contributed by atoms with Crippen molar-refractivity contribution in [2.75, 3.05) is 40.9 Å². The molecule has 0 spiro atoms. The minimum absolute atomic E-state index is 0.0135. The Hall–Kier alpha value is -0.760. The Morgan fingerprint density at radius 1 is 0.576 bits per heavy atom. The van der Waals surface area contributed by atoms with Gasteiger partial charge in [0.05, 0.1) is 39.9 Å². The lowest BCUT2D eigenvalue weighted by Gasteiger charge is -2.30. The van der Waals surface area contributed by atoms with Crippen LogP contribution in [0.2, 0.25) is 0 Å². The third kappa shape index (κ3) is 45.1. The summed E-state index contributed by atoms with van der Waals surface area (Å²) < 4.78 is 23.3. The lowest BCUT2D eigenvalue weighted by atomic mass is 10.0. The van der Waals surface area contributed by atoms with Crippen molar-refractivity contribution in [1.82, 2.24) is 5.32 Å². The van der Waals surface area contributed by atoms with Crippen LogP contribution in [-0.2, 0) is 18.4 Å². The standard InChI is InChI=1S/C50H101N2O6P/c1-6-8-10-12-14-16-18-20-22-24-25-26-27-28-30-32-34-36-38-40-42-44-50(54)51-48(47-58-59(55,56)57-46-45-52(3,4)5)49(53)43-41-39-37-35-33-31-29-23-21-19-17-15-13-11-9-7-2/h26-27,48-49,53H,6-25,28-47H2,1-5H3,(H-,51,54,55,56)/b27-26-. The molecule has 0 saturated heterocycles. The monoisotopic (exact) mass is 857 g/mol. The molecule has 0 aliphatic carbocycles. The lowest BCUT2D eigenvalue weighted by molar-refractivity contribution is -0.870. The summed E-state index contributed by atoms with van der Waals surface area (Å²) in [4.78, 5) is 25.4. The molecule has 0 aromatic carbocycles. The quantitative estimate of drug-likeness (QED) is 0.0273. The predicted octanol–water partition coefficient (Wildman–Crippen LogP) is 14.1. The van der Waals surface area contributed by atoms with Crippen molar-refractivity contribution in [3.8, 4) is 0 Å². The summed E-state index contributed by atoms with van der Waals surface area (Å²) in [6, 6.07) is -0.799. The molecule has 1 amide bonds. The number of hydrogen-bond acceptors (Lipinski definition) is 6. The zero-order valence-electron chi connectivity index (χ0n) is 40.0. The van der Waals surface area contributed by atoms with Gasteiger partial charge < -0.3 is 28.8 Å². The predicted molar refractivity (Wildman–Crippen MR) is 252 cm³/mol. The number of unbranched alkanes of at least 4 members (excludes halogenated alkanes) is 32. The van der Waals surface area contributed by atoms with Crippen LogP contribution in [0.15, 0.2) is 12.2 Å². The van der Waals surface area contributed by atoms with Crippen LogP contribution in [0.1, 0.15) is 251 Å². The lowest BCUT2D eigenvalue weighted by Crippen LogP contribution is -2.46. The Morgan fingerprint density at radius 3 is 1.32 bits per heavy atom. The molecular formula is C50H101N2O6P. The molecule has 0 aromatic rings. The molecule has 352 valence electrons. The number of phosphoric acid groups is 1. The number of nitrogens with one attached hydrogen (secondary N) is 1. The molecule has 0 radical (unpaired) electrons. The fraction of sp³-hybridized carbons (Fsp3) is 0.940. The van der Waals surface area contributed by atoms with Crippen LogP contribution in [-0.4, -0.2) is 68.5 Å². The second-order valence-electron chi connectivity index (χ2n) is 18.9. The van der Waals surface area contributed by atoms with Gasteiger partial charge in [0, 0.05) is 6.42 Å². The highest BCUT2D eigenvalue weighted by molar-refractivity contribution is 7.45. The van der Waals surface area contributed by atoms with E-state index < -0.39 is 20.0 Å². The van der Waals surface area contributed by atoms with E-state index in [1.807, 2.05) is 21.1 Å². The molecule has 8 nitrogen and oxygen atoms in total. The van der Waals surface area contributed by atoms with E-state index in [0.717, 1.165) is 38.5 Å². The summed E-state index contributed by atoms with van der Waals surface area (Å²) in [5.41, 5.74) is 0. The van der Waals surface area contributed by atoms with E-state index in [-0.39, 0.29) is 19.1 Å². The SMILES string of the molecule is CCCCCCCCCCCC/C=C\CCCCCCCCCC(=O)NC(COP(=O)([O-])OCC[N+](C)(C)C)C(O)CCCCCCCCCCCCCCCCCC. The minimum atomic E-state index is -4.57. The summed E-state index contributed by atoms with van der Waals surface area (Å²) in [7, 11) is 1.31. The number of aliphatic hydroxyl groups excluding tert-OH is 1. The van der Waals surface area contributed by atoms with Gasteiger partial charge in [0.1, 0.15) is 13.2 Å². The molecule has 0 aromatic heterocycles. The van der Waals surface area contributed by atoms with Crippen LogP contribution in [0, 0.1) is 0 Å². The molecule has 0 rings (SSSR count). The molecule has 0 heterocycles. The van der Waals surface area contributed by atoms with E-state index in [4.69, 9.17) is 9.05 Å². The van der Waals surface area contributed by atoms with Gasteiger partial charge in [0.15, 0.2) is 0 Å². The summed E-state index contributed by atoms with van der Waals surface area (Å²) >= 11 is 0. The van der Waals surface area contributed by atoms with Gasteiger partial charge in [0.25, 0.3) is 7.82 Å². The summed E-state index contributed by atoms with van der Waals surface area (Å²) in [6.45, 7) is 4.75. The Morgan fingerprint density at radius 2 is 0.932 bits per heavy atom. The fourth-order valence-electron chi connectivity index (χ4n) is 7.68. The van der Waals surface area contributed by atoms with E-state index in [1.54, 1.807) is 0 Å². The number of amides is 1. The second-order valence-corrected chi connectivity index (χ2v) is 20.3. The van der Waals surface area contributed by atoms with E-state index in [0.29, 0.717) is 23.9 Å². The Balaban J connectivity index is 4.24. The molecule has 0 saturated carbocycles. The van der Waals surface area contributed by atoms with Gasteiger partial charge in [-0.2, -0.15) is 0 Å². The molecule has 59 heavy (non-hydrogen) atoms. The maximum Gasteiger partial charge on any atom is 0.268 e. The van der Waals surface area contributed by atoms with Crippen LogP contribution in [0.3, 0.4) is 0 Å². The van der Waals surface area contributed by atoms with Gasteiger partial charge in [-0.05, 0) is 38.5 Å². The highest BCUT2D eigenvalue weighted by Gasteiger charge is 2.24. The van der Waals surface area contributed by atoms with Crippen LogP contribution >= 0.6 is 7.82 Å². The largest absolute Gasteiger partial charge is 0.756 e. The molecule has 0 fully saturated rings. The minimum Gasteiger partial charge on any atom is -0.756 e. The number of rotatable bonds is 47. The number of likely N-dealkylation sites (N-methyl/N-ethyl adjacent to an activating group) is 1. The van der Waals surface area contributed by atoms with Crippen LogP contribution in [0.5, 0.6) is 0 Å². The maximum absolute atomic E-state index is 12.9. The zero-order chi connectivity index (χ0) is 43.6. The first kappa shape index (κ1) is 58.2. The van der Waals surface area contributed by atoms with Crippen LogP contribution in [0.4, 0.5) is 0 Å². The first-order valence-electron chi connectivity index (χ1n) is 25.5. The average molecular weight is 857 g/mol. The molecule has 0 bridgehead atoms. The smallest absolute Gasteiger partial charge is 0.268 e. The van der Waals surface area contributed by atoms with Gasteiger partial charge in [-0.3, -0.25) is 9.36 Å². The van der Waals surface area contributed by atoms with Gasteiger partial charge in [-0.1, -0.05) is 219 Å². The normalized spacial score (nSPS) is 14.2. The van der Waals surface area contributed by atoms with Gasteiger partial charge in [-0.25, -0.2) is 0 Å². The van der Waals surface area contributed by atoms with E-state index >= 15 is 0 Å². The zero-order valence-corrected chi connectivity index (χ0v) is 40.9. The molecule has 0 aliphatic rings. The molecule has 0 aliphatic heterocycles. The van der Waals surface area contributed by atoms with Crippen molar-refractivity contribution in [2.24, 2.45) is 0 Å². The van der Waals surface area contributed by atoms with Crippen molar-refractivity contribution >= 4 is 13.7 Å². The topological polar surface area (TPSA) is 108 Å². The molecule has 3 atom stereocenters. The molecular weight excluding hydrogens is 756 g/mol. The van der Waals surface area contributed by atoms with Gasteiger partial charge in [-0.15, -0.1) is 0 Å². The Bertz CT molecular complexity index is 974. The summed E-state index contributed by atoms with van der Waals surface area (Å²) in [5.74, 6) is -0.166. The van der Waals surface area contributed by atoms with Crippen LogP contribution < -0.4 is 10.2 Å². The van der Waals surface area contributed by atoms with Crippen LogP contribution in [0.25, 0.3) is 0 Å². The average Bonchev–Trinajstić information content (AvgIpc) is 3.19. The number of allylic oxidation sites excluding steroid dienone is 2. The van der Waals surface area contributed by atoms with Crippen molar-refractivity contribution in [2.45, 2.75) is 264 Å². The number of hydrogen-bond donors (Lipinski definition) is 2. The summed E-state index contributed by atoms with van der Waals surface area (Å²) in [5, 5.41) is 14.0. The third-order valence-corrected chi connectivity index (χ3v) is 12.7. The first-order chi connectivity index (χ1) is 28.5. The van der Waals surface area contributed by atoms with Gasteiger partial charge >= 0.3 is 0 Å². The highest BCUT2D eigenvalue weighted by atomic mass is 31.2. The fourth-order valence-corrected chi connectivity index (χ4v) is 8.41. The van der Waals surface area contributed by atoms with E-state index in [2.05, 4.69) is 31.3 Å². The maximum atomic E-state index is 12.9. The Kier molecular flexibility index (Phi) is 42.0. The summed E-state index contributed by atoms with van der Waals surface area (Å²) in [6.07, 6.45) is 49.3. The number of nitrogens with zero attached hydrogens (tertiary/aromatic N) is 1.